The average molecular weight is 472 g/mol. The van der Waals surface area contributed by atoms with Gasteiger partial charge in [0.05, 0.1) is 19.6 Å². The summed E-state index contributed by atoms with van der Waals surface area (Å²) in [5.74, 6) is 0.481. The van der Waals surface area contributed by atoms with Gasteiger partial charge in [0.2, 0.25) is 5.91 Å². The molecule has 1 aromatic rings. The zero-order valence-electron chi connectivity index (χ0n) is 18.8. The molecule has 1 amide bonds. The monoisotopic (exact) mass is 471 g/mol. The van der Waals surface area contributed by atoms with Crippen molar-refractivity contribution >= 4 is 27.3 Å². The van der Waals surface area contributed by atoms with Crippen molar-refractivity contribution in [1.82, 2.24) is 14.5 Å². The maximum Gasteiger partial charge on any atom is 0.252 e. The van der Waals surface area contributed by atoms with Crippen molar-refractivity contribution in [3.05, 3.63) is 17.0 Å². The van der Waals surface area contributed by atoms with E-state index in [1.54, 1.807) is 16.4 Å². The SMILES string of the molecule is CCC(CC)C(CNC(=O)Cc1ccc(S(=O)(=O)N2CCCCC2)s1)N1CCOCC1. The van der Waals surface area contributed by atoms with Gasteiger partial charge in [-0.3, -0.25) is 9.69 Å². The van der Waals surface area contributed by atoms with Crippen molar-refractivity contribution in [3.63, 3.8) is 0 Å². The summed E-state index contributed by atoms with van der Waals surface area (Å²) in [7, 11) is -3.43. The number of sulfonamides is 1. The van der Waals surface area contributed by atoms with Crippen molar-refractivity contribution in [1.29, 1.82) is 0 Å². The zero-order chi connectivity index (χ0) is 22.3. The summed E-state index contributed by atoms with van der Waals surface area (Å²) in [6.45, 7) is 9.51. The van der Waals surface area contributed by atoms with Crippen LogP contribution in [0.15, 0.2) is 16.3 Å². The topological polar surface area (TPSA) is 79.0 Å². The van der Waals surface area contributed by atoms with E-state index in [4.69, 9.17) is 4.74 Å². The van der Waals surface area contributed by atoms with Crippen LogP contribution in [0.25, 0.3) is 0 Å². The first kappa shape index (κ1) is 24.6. The highest BCUT2D eigenvalue weighted by Crippen LogP contribution is 2.27. The quantitative estimate of drug-likeness (QED) is 0.568. The van der Waals surface area contributed by atoms with Crippen molar-refractivity contribution in [2.75, 3.05) is 45.9 Å². The largest absolute Gasteiger partial charge is 0.379 e. The molecule has 31 heavy (non-hydrogen) atoms. The first-order valence-electron chi connectivity index (χ1n) is 11.6. The van der Waals surface area contributed by atoms with Gasteiger partial charge in [-0.15, -0.1) is 11.3 Å². The average Bonchev–Trinajstić information content (AvgIpc) is 3.27. The first-order chi connectivity index (χ1) is 15.0. The van der Waals surface area contributed by atoms with Gasteiger partial charge in [-0.1, -0.05) is 33.1 Å². The molecule has 0 bridgehead atoms. The van der Waals surface area contributed by atoms with Crippen LogP contribution in [0.2, 0.25) is 0 Å². The molecule has 0 saturated carbocycles. The molecular formula is C22H37N3O4S2. The molecule has 176 valence electrons. The molecule has 1 atom stereocenters. The van der Waals surface area contributed by atoms with E-state index in [9.17, 15) is 13.2 Å². The van der Waals surface area contributed by atoms with Crippen LogP contribution in [0.4, 0.5) is 0 Å². The van der Waals surface area contributed by atoms with Crippen LogP contribution in [0.3, 0.4) is 0 Å². The summed E-state index contributed by atoms with van der Waals surface area (Å²) in [5, 5.41) is 3.11. The number of thiophene rings is 1. The highest BCUT2D eigenvalue weighted by Gasteiger charge is 2.29. The fourth-order valence-corrected chi connectivity index (χ4v) is 7.63. The lowest BCUT2D eigenvalue weighted by Gasteiger charge is -2.38. The van der Waals surface area contributed by atoms with Crippen LogP contribution in [-0.4, -0.2) is 75.5 Å². The molecule has 0 radical (unpaired) electrons. The summed E-state index contributed by atoms with van der Waals surface area (Å²) >= 11 is 1.22. The second kappa shape index (κ2) is 11.7. The number of carbonyl (C=O) groups is 1. The van der Waals surface area contributed by atoms with Crippen LogP contribution in [-0.2, 0) is 26.0 Å². The molecule has 2 aliphatic rings. The summed E-state index contributed by atoms with van der Waals surface area (Å²) < 4.78 is 33.1. The number of rotatable bonds is 10. The van der Waals surface area contributed by atoms with E-state index in [0.29, 0.717) is 35.8 Å². The van der Waals surface area contributed by atoms with Crippen molar-refractivity contribution in [3.8, 4) is 0 Å². The number of piperidine rings is 1. The highest BCUT2D eigenvalue weighted by atomic mass is 32.2. The predicted octanol–water partition coefficient (Wildman–Crippen LogP) is 2.72. The Morgan fingerprint density at radius 1 is 1.10 bits per heavy atom. The molecule has 7 nitrogen and oxygen atoms in total. The highest BCUT2D eigenvalue weighted by molar-refractivity contribution is 7.91. The molecule has 2 saturated heterocycles. The van der Waals surface area contributed by atoms with E-state index in [2.05, 4.69) is 24.1 Å². The maximum absolute atomic E-state index is 12.8. The number of ether oxygens (including phenoxy) is 1. The zero-order valence-corrected chi connectivity index (χ0v) is 20.5. The fraction of sp³-hybridized carbons (Fsp3) is 0.773. The van der Waals surface area contributed by atoms with E-state index < -0.39 is 10.0 Å². The molecule has 3 heterocycles. The van der Waals surface area contributed by atoms with Crippen LogP contribution >= 0.6 is 11.3 Å². The fourth-order valence-electron chi connectivity index (χ4n) is 4.60. The number of morpholine rings is 1. The van der Waals surface area contributed by atoms with Gasteiger partial charge in [0.25, 0.3) is 10.0 Å². The van der Waals surface area contributed by atoms with Gasteiger partial charge in [-0.25, -0.2) is 8.42 Å². The molecule has 0 spiro atoms. The molecular weight excluding hydrogens is 434 g/mol. The smallest absolute Gasteiger partial charge is 0.252 e. The van der Waals surface area contributed by atoms with Gasteiger partial charge in [0, 0.05) is 43.6 Å². The first-order valence-corrected chi connectivity index (χ1v) is 13.9. The van der Waals surface area contributed by atoms with Crippen LogP contribution in [0.1, 0.15) is 50.8 Å². The van der Waals surface area contributed by atoms with Crippen LogP contribution in [0, 0.1) is 5.92 Å². The van der Waals surface area contributed by atoms with Gasteiger partial charge in [-0.2, -0.15) is 4.31 Å². The van der Waals surface area contributed by atoms with Gasteiger partial charge < -0.3 is 10.1 Å². The summed E-state index contributed by atoms with van der Waals surface area (Å²) in [6.07, 6.45) is 5.30. The third-order valence-electron chi connectivity index (χ3n) is 6.50. The third-order valence-corrected chi connectivity index (χ3v) is 9.95. The lowest BCUT2D eigenvalue weighted by atomic mass is 9.92. The van der Waals surface area contributed by atoms with Gasteiger partial charge in [-0.05, 0) is 30.9 Å². The van der Waals surface area contributed by atoms with Crippen LogP contribution in [0.5, 0.6) is 0 Å². The Labute approximate surface area is 191 Å². The minimum atomic E-state index is -3.43. The Balaban J connectivity index is 1.57. The molecule has 1 aromatic heterocycles. The Morgan fingerprint density at radius 2 is 1.77 bits per heavy atom. The van der Waals surface area contributed by atoms with Crippen molar-refractivity contribution in [2.45, 2.75) is 62.6 Å². The van der Waals surface area contributed by atoms with Crippen molar-refractivity contribution in [2.24, 2.45) is 5.92 Å². The van der Waals surface area contributed by atoms with Gasteiger partial charge in [0.1, 0.15) is 4.21 Å². The molecule has 3 rings (SSSR count). The standard InChI is InChI=1S/C22H37N3O4S2/c1-3-18(4-2)20(24-12-14-29-15-13-24)17-23-21(26)16-19-8-9-22(30-19)31(27,28)25-10-6-5-7-11-25/h8-9,18,20H,3-7,10-17H2,1-2H3,(H,23,26). The Kier molecular flexibility index (Phi) is 9.33. The Bertz CT molecular complexity index is 795. The van der Waals surface area contributed by atoms with Crippen LogP contribution < -0.4 is 5.32 Å². The molecule has 2 aliphatic heterocycles. The second-order valence-corrected chi connectivity index (χ2v) is 11.8. The van der Waals surface area contributed by atoms with Crippen molar-refractivity contribution < 1.29 is 17.9 Å². The van der Waals surface area contributed by atoms with E-state index in [1.807, 2.05) is 0 Å². The summed E-state index contributed by atoms with van der Waals surface area (Å²) in [4.78, 5) is 15.9. The normalized spacial score (nSPS) is 20.1. The third kappa shape index (κ3) is 6.51. The lowest BCUT2D eigenvalue weighted by Crippen LogP contribution is -2.52. The van der Waals surface area contributed by atoms with Gasteiger partial charge in [0.15, 0.2) is 0 Å². The number of nitrogens with one attached hydrogen (secondary N) is 1. The summed E-state index contributed by atoms with van der Waals surface area (Å²) in [5.41, 5.74) is 0. The Hall–Kier alpha value is -1.00. The second-order valence-electron chi connectivity index (χ2n) is 8.46. The molecule has 1 N–H and O–H groups in total. The molecule has 9 heteroatoms. The predicted molar refractivity (Wildman–Crippen MR) is 124 cm³/mol. The minimum absolute atomic E-state index is 0.0482. The minimum Gasteiger partial charge on any atom is -0.379 e. The van der Waals surface area contributed by atoms with E-state index in [0.717, 1.165) is 63.3 Å². The maximum atomic E-state index is 12.8. The molecule has 0 aliphatic carbocycles. The number of amides is 1. The van der Waals surface area contributed by atoms with E-state index in [-0.39, 0.29) is 12.3 Å². The van der Waals surface area contributed by atoms with E-state index >= 15 is 0 Å². The summed E-state index contributed by atoms with van der Waals surface area (Å²) in [6, 6.07) is 3.74. The van der Waals surface area contributed by atoms with E-state index in [1.165, 1.54) is 11.3 Å². The number of hydrogen-bond acceptors (Lipinski definition) is 6. The Morgan fingerprint density at radius 3 is 2.42 bits per heavy atom. The lowest BCUT2D eigenvalue weighted by molar-refractivity contribution is -0.120. The number of nitrogens with zero attached hydrogens (tertiary/aromatic N) is 2. The molecule has 0 aromatic carbocycles. The number of carbonyl (C=O) groups excluding carboxylic acids is 1. The molecule has 1 unspecified atom stereocenters. The number of hydrogen-bond donors (Lipinski definition) is 1. The van der Waals surface area contributed by atoms with Gasteiger partial charge >= 0.3 is 0 Å². The molecule has 2 fully saturated rings.